The Morgan fingerprint density at radius 3 is 2.25 bits per heavy atom. The molecule has 1 fully saturated rings. The van der Waals surface area contributed by atoms with Crippen LogP contribution in [0.15, 0.2) is 0 Å². The zero-order valence-electron chi connectivity index (χ0n) is 9.84. The van der Waals surface area contributed by atoms with Crippen LogP contribution in [-0.2, 0) is 4.79 Å². The molecule has 0 saturated carbocycles. The van der Waals surface area contributed by atoms with Crippen molar-refractivity contribution in [3.8, 4) is 0 Å². The normalized spacial score (nSPS) is 14.7. The van der Waals surface area contributed by atoms with E-state index in [9.17, 15) is 27.2 Å². The number of rotatable bonds is 4. The Balaban J connectivity index is 2.05. The van der Waals surface area contributed by atoms with E-state index in [1.807, 2.05) is 0 Å². The number of nitrogens with one attached hydrogen (secondary N) is 2. The smallest absolute Gasteiger partial charge is 0.324 e. The number of halogens is 4. The molecule has 6 nitrogen and oxygen atoms in total. The Morgan fingerprint density at radius 2 is 1.75 bits per heavy atom. The molecule has 0 bridgehead atoms. The van der Waals surface area contributed by atoms with Gasteiger partial charge in [-0.25, -0.2) is 4.79 Å². The summed E-state index contributed by atoms with van der Waals surface area (Å²) >= 11 is 0. The first-order chi connectivity index (χ1) is 9.41. The maximum atomic E-state index is 13.2. The molecule has 2 heterocycles. The molecular weight excluding hydrogens is 284 g/mol. The first-order valence-corrected chi connectivity index (χ1v) is 5.44. The highest BCUT2D eigenvalue weighted by Gasteiger charge is 2.28. The number of pyridine rings is 1. The van der Waals surface area contributed by atoms with Crippen LogP contribution in [0.3, 0.4) is 0 Å². The summed E-state index contributed by atoms with van der Waals surface area (Å²) in [7, 11) is 0. The minimum absolute atomic E-state index is 0.167. The van der Waals surface area contributed by atoms with Gasteiger partial charge in [-0.05, 0) is 0 Å². The van der Waals surface area contributed by atoms with Crippen LogP contribution in [0.4, 0.5) is 28.0 Å². The second kappa shape index (κ2) is 5.31. The van der Waals surface area contributed by atoms with Crippen LogP contribution in [0.1, 0.15) is 0 Å². The van der Waals surface area contributed by atoms with Crippen LogP contribution in [0, 0.1) is 23.5 Å². The predicted octanol–water partition coefficient (Wildman–Crippen LogP) is 0.602. The van der Waals surface area contributed by atoms with Crippen LogP contribution >= 0.6 is 0 Å². The summed E-state index contributed by atoms with van der Waals surface area (Å²) in [5.74, 6) is -7.45. The molecule has 1 aromatic rings. The summed E-state index contributed by atoms with van der Waals surface area (Å²) in [6, 6.07) is -0.648. The average Bonchev–Trinajstić information content (AvgIpc) is 2.71. The fraction of sp³-hybridized carbons (Fsp3) is 0.300. The van der Waals surface area contributed by atoms with Gasteiger partial charge in [0.15, 0.2) is 0 Å². The van der Waals surface area contributed by atoms with Crippen molar-refractivity contribution in [3.05, 3.63) is 23.5 Å². The van der Waals surface area contributed by atoms with Gasteiger partial charge in [-0.1, -0.05) is 0 Å². The predicted molar refractivity (Wildman–Crippen MR) is 57.7 cm³/mol. The van der Waals surface area contributed by atoms with E-state index in [4.69, 9.17) is 0 Å². The Labute approximate surface area is 109 Å². The lowest BCUT2D eigenvalue weighted by molar-refractivity contribution is -0.124. The average molecular weight is 292 g/mol. The number of carbonyl (C=O) groups excluding carboxylic acids is 2. The van der Waals surface area contributed by atoms with Crippen molar-refractivity contribution in [2.75, 3.05) is 25.0 Å². The lowest BCUT2D eigenvalue weighted by atomic mass is 10.3. The van der Waals surface area contributed by atoms with E-state index in [1.54, 1.807) is 0 Å². The molecule has 0 radical (unpaired) electrons. The summed E-state index contributed by atoms with van der Waals surface area (Å²) < 4.78 is 52.1. The number of amides is 3. The van der Waals surface area contributed by atoms with Gasteiger partial charge in [0.05, 0.1) is 6.54 Å². The Hall–Kier alpha value is -2.39. The Kier molecular flexibility index (Phi) is 3.72. The van der Waals surface area contributed by atoms with E-state index >= 15 is 0 Å². The highest BCUT2D eigenvalue weighted by atomic mass is 19.2. The van der Waals surface area contributed by atoms with Gasteiger partial charge in [-0.3, -0.25) is 9.69 Å². The molecule has 1 aliphatic rings. The zero-order chi connectivity index (χ0) is 14.9. The summed E-state index contributed by atoms with van der Waals surface area (Å²) in [5, 5.41) is 4.33. The summed E-state index contributed by atoms with van der Waals surface area (Å²) in [4.78, 5) is 25.6. The largest absolute Gasteiger partial charge is 0.378 e. The molecule has 1 saturated heterocycles. The topological polar surface area (TPSA) is 74.3 Å². The third kappa shape index (κ3) is 2.49. The van der Waals surface area contributed by atoms with Crippen molar-refractivity contribution in [1.29, 1.82) is 0 Å². The number of nitrogens with zero attached hydrogens (tertiary/aromatic N) is 2. The first kappa shape index (κ1) is 14.0. The molecule has 3 amide bonds. The molecule has 0 unspecified atom stereocenters. The second-order valence-electron chi connectivity index (χ2n) is 3.83. The molecule has 0 aliphatic carbocycles. The second-order valence-corrected chi connectivity index (χ2v) is 3.83. The number of imide groups is 1. The van der Waals surface area contributed by atoms with Crippen LogP contribution in [0.25, 0.3) is 0 Å². The van der Waals surface area contributed by atoms with E-state index in [0.29, 0.717) is 0 Å². The minimum Gasteiger partial charge on any atom is -0.378 e. The van der Waals surface area contributed by atoms with Crippen molar-refractivity contribution < 1.29 is 27.2 Å². The summed E-state index contributed by atoms with van der Waals surface area (Å²) in [6.07, 6.45) is 0. The number of anilines is 1. The van der Waals surface area contributed by atoms with Gasteiger partial charge in [-0.15, -0.1) is 0 Å². The van der Waals surface area contributed by atoms with Gasteiger partial charge >= 0.3 is 6.03 Å². The molecular formula is C10H8F4N4O2. The fourth-order valence-corrected chi connectivity index (χ4v) is 1.62. The molecule has 2 N–H and O–H groups in total. The maximum absolute atomic E-state index is 13.2. The van der Waals surface area contributed by atoms with Gasteiger partial charge in [0.1, 0.15) is 5.69 Å². The monoisotopic (exact) mass is 292 g/mol. The van der Waals surface area contributed by atoms with Crippen LogP contribution in [-0.4, -0.2) is 41.5 Å². The van der Waals surface area contributed by atoms with Gasteiger partial charge in [0.2, 0.25) is 17.5 Å². The number of urea groups is 1. The van der Waals surface area contributed by atoms with E-state index in [0.717, 1.165) is 4.90 Å². The Bertz CT molecular complexity index is 539. The van der Waals surface area contributed by atoms with Crippen LogP contribution in [0.2, 0.25) is 0 Å². The number of hydrogen-bond donors (Lipinski definition) is 2. The van der Waals surface area contributed by atoms with E-state index in [1.165, 1.54) is 0 Å². The van der Waals surface area contributed by atoms with Gasteiger partial charge in [0, 0.05) is 13.1 Å². The lowest BCUT2D eigenvalue weighted by Gasteiger charge is -2.14. The van der Waals surface area contributed by atoms with E-state index in [-0.39, 0.29) is 19.6 Å². The highest BCUT2D eigenvalue weighted by molar-refractivity contribution is 6.01. The maximum Gasteiger partial charge on any atom is 0.324 e. The van der Waals surface area contributed by atoms with Crippen molar-refractivity contribution in [3.63, 3.8) is 0 Å². The summed E-state index contributed by atoms with van der Waals surface area (Å²) in [6.45, 7) is -0.662. The third-order valence-electron chi connectivity index (χ3n) is 2.57. The zero-order valence-corrected chi connectivity index (χ0v) is 9.84. The van der Waals surface area contributed by atoms with Crippen LogP contribution < -0.4 is 10.6 Å². The molecule has 0 spiro atoms. The number of hydrogen-bond acceptors (Lipinski definition) is 4. The molecule has 1 aliphatic heterocycles. The minimum atomic E-state index is -1.79. The molecule has 0 atom stereocenters. The van der Waals surface area contributed by atoms with Crippen molar-refractivity contribution in [2.24, 2.45) is 0 Å². The van der Waals surface area contributed by atoms with Gasteiger partial charge < -0.3 is 10.6 Å². The van der Waals surface area contributed by atoms with Crippen molar-refractivity contribution in [1.82, 2.24) is 15.2 Å². The molecule has 108 valence electrons. The molecule has 1 aromatic heterocycles. The summed E-state index contributed by atoms with van der Waals surface area (Å²) in [5.41, 5.74) is -1.04. The fourth-order valence-electron chi connectivity index (χ4n) is 1.62. The molecule has 10 heteroatoms. The first-order valence-electron chi connectivity index (χ1n) is 5.44. The van der Waals surface area contributed by atoms with E-state index in [2.05, 4.69) is 15.6 Å². The van der Waals surface area contributed by atoms with Gasteiger partial charge in [0.25, 0.3) is 11.9 Å². The molecule has 2 rings (SSSR count). The van der Waals surface area contributed by atoms with Gasteiger partial charge in [-0.2, -0.15) is 22.5 Å². The molecule has 0 aromatic carbocycles. The third-order valence-corrected chi connectivity index (χ3v) is 2.57. The number of aromatic nitrogens is 1. The quantitative estimate of drug-likeness (QED) is 0.484. The van der Waals surface area contributed by atoms with Crippen molar-refractivity contribution >= 4 is 17.6 Å². The number of carbonyl (C=O) groups is 2. The SMILES string of the molecule is O=C1CNC(=O)N1CCNc1c(F)c(F)nc(F)c1F. The lowest BCUT2D eigenvalue weighted by Crippen LogP contribution is -2.35. The standard InChI is InChI=1S/C10H8F4N4O2/c11-5-7(6(12)9(14)17-8(5)13)15-1-2-18-4(19)3-16-10(18)20/h1-3H2,(H,15,17)(H,16,20). The molecule has 20 heavy (non-hydrogen) atoms. The van der Waals surface area contributed by atoms with Crippen molar-refractivity contribution in [2.45, 2.75) is 0 Å². The van der Waals surface area contributed by atoms with Crippen LogP contribution in [0.5, 0.6) is 0 Å². The van der Waals surface area contributed by atoms with E-state index < -0.39 is 41.2 Å². The Morgan fingerprint density at radius 1 is 1.15 bits per heavy atom. The highest BCUT2D eigenvalue weighted by Crippen LogP contribution is 2.21.